The third-order valence-corrected chi connectivity index (χ3v) is 2.73. The highest BCUT2D eigenvalue weighted by molar-refractivity contribution is 9.10. The highest BCUT2D eigenvalue weighted by Crippen LogP contribution is 2.05. The van der Waals surface area contributed by atoms with E-state index in [-0.39, 0.29) is 0 Å². The predicted octanol–water partition coefficient (Wildman–Crippen LogP) is 3.51. The summed E-state index contributed by atoms with van der Waals surface area (Å²) in [4.78, 5) is 4.36. The minimum atomic E-state index is 0.867. The van der Waals surface area contributed by atoms with Gasteiger partial charge in [0.05, 0.1) is 5.69 Å². The highest BCUT2D eigenvalue weighted by Gasteiger charge is 1.94. The monoisotopic (exact) mass is 270 g/mol. The minimum absolute atomic E-state index is 0.867. The number of rotatable bonds is 7. The van der Waals surface area contributed by atoms with Gasteiger partial charge in [0.15, 0.2) is 0 Å². The summed E-state index contributed by atoms with van der Waals surface area (Å²) in [6.07, 6.45) is 5.24. The van der Waals surface area contributed by atoms with E-state index in [9.17, 15) is 0 Å². The van der Waals surface area contributed by atoms with Crippen LogP contribution in [0.15, 0.2) is 22.8 Å². The number of unbranched alkanes of at least 4 members (excludes halogenated alkanes) is 3. The molecule has 1 aromatic heterocycles. The Bertz CT molecular complexity index is 276. The van der Waals surface area contributed by atoms with Gasteiger partial charge in [-0.3, -0.25) is 0 Å². The zero-order valence-corrected chi connectivity index (χ0v) is 10.9. The number of hydrogen-bond donors (Lipinski definition) is 1. The van der Waals surface area contributed by atoms with Crippen LogP contribution in [-0.4, -0.2) is 11.5 Å². The predicted molar refractivity (Wildman–Crippen MR) is 67.8 cm³/mol. The molecule has 0 aliphatic heterocycles. The molecule has 0 radical (unpaired) electrons. The molecule has 0 fully saturated rings. The van der Waals surface area contributed by atoms with Crippen molar-refractivity contribution >= 4 is 15.9 Å². The maximum absolute atomic E-state index is 4.36. The molecule has 0 saturated carbocycles. The lowest BCUT2D eigenvalue weighted by molar-refractivity contribution is 0.593. The van der Waals surface area contributed by atoms with Crippen LogP contribution in [0.3, 0.4) is 0 Å². The molecule has 1 heterocycles. The topological polar surface area (TPSA) is 24.9 Å². The first kappa shape index (κ1) is 12.7. The lowest BCUT2D eigenvalue weighted by Crippen LogP contribution is -2.15. The maximum Gasteiger partial charge on any atom is 0.106 e. The van der Waals surface area contributed by atoms with Gasteiger partial charge < -0.3 is 5.32 Å². The Balaban J connectivity index is 2.10. The average Bonchev–Trinajstić information content (AvgIpc) is 2.23. The molecule has 0 aliphatic carbocycles. The van der Waals surface area contributed by atoms with Crippen LogP contribution in [0.5, 0.6) is 0 Å². The molecule has 1 N–H and O–H groups in total. The molecule has 15 heavy (non-hydrogen) atoms. The van der Waals surface area contributed by atoms with Gasteiger partial charge in [0.1, 0.15) is 4.60 Å². The van der Waals surface area contributed by atoms with Gasteiger partial charge in [-0.15, -0.1) is 0 Å². The molecule has 1 aromatic rings. The molecule has 0 bridgehead atoms. The Morgan fingerprint density at radius 3 is 2.87 bits per heavy atom. The first-order chi connectivity index (χ1) is 7.33. The first-order valence-electron chi connectivity index (χ1n) is 5.65. The van der Waals surface area contributed by atoms with E-state index in [0.29, 0.717) is 0 Å². The SMILES string of the molecule is CCCCCCNCc1cccc(Br)n1. The molecule has 84 valence electrons. The van der Waals surface area contributed by atoms with Crippen LogP contribution in [0.1, 0.15) is 38.3 Å². The van der Waals surface area contributed by atoms with Crippen LogP contribution in [0.25, 0.3) is 0 Å². The van der Waals surface area contributed by atoms with Gasteiger partial charge in [0.25, 0.3) is 0 Å². The fourth-order valence-electron chi connectivity index (χ4n) is 1.44. The van der Waals surface area contributed by atoms with E-state index in [1.165, 1.54) is 25.7 Å². The summed E-state index contributed by atoms with van der Waals surface area (Å²) in [7, 11) is 0. The van der Waals surface area contributed by atoms with E-state index in [0.717, 1.165) is 23.4 Å². The van der Waals surface area contributed by atoms with E-state index in [4.69, 9.17) is 0 Å². The molecule has 0 saturated heterocycles. The van der Waals surface area contributed by atoms with Crippen LogP contribution in [-0.2, 0) is 6.54 Å². The summed E-state index contributed by atoms with van der Waals surface area (Å²) in [6, 6.07) is 6.01. The summed E-state index contributed by atoms with van der Waals surface area (Å²) in [5, 5.41) is 3.40. The summed E-state index contributed by atoms with van der Waals surface area (Å²) >= 11 is 3.37. The van der Waals surface area contributed by atoms with Crippen molar-refractivity contribution in [1.29, 1.82) is 0 Å². The van der Waals surface area contributed by atoms with Crippen molar-refractivity contribution < 1.29 is 0 Å². The van der Waals surface area contributed by atoms with E-state index >= 15 is 0 Å². The quantitative estimate of drug-likeness (QED) is 0.606. The molecule has 0 aromatic carbocycles. The van der Waals surface area contributed by atoms with Crippen molar-refractivity contribution in [2.24, 2.45) is 0 Å². The molecule has 0 aliphatic rings. The van der Waals surface area contributed by atoms with Gasteiger partial charge in [-0.05, 0) is 41.0 Å². The van der Waals surface area contributed by atoms with Gasteiger partial charge >= 0.3 is 0 Å². The van der Waals surface area contributed by atoms with Crippen molar-refractivity contribution in [3.8, 4) is 0 Å². The number of nitrogens with one attached hydrogen (secondary N) is 1. The van der Waals surface area contributed by atoms with Gasteiger partial charge in [0.2, 0.25) is 0 Å². The number of halogens is 1. The maximum atomic E-state index is 4.36. The molecule has 0 atom stereocenters. The molecular weight excluding hydrogens is 252 g/mol. The van der Waals surface area contributed by atoms with E-state index in [1.807, 2.05) is 18.2 Å². The number of nitrogens with zero attached hydrogens (tertiary/aromatic N) is 1. The zero-order valence-electron chi connectivity index (χ0n) is 9.30. The van der Waals surface area contributed by atoms with Crippen molar-refractivity contribution in [3.63, 3.8) is 0 Å². The van der Waals surface area contributed by atoms with Crippen LogP contribution >= 0.6 is 15.9 Å². The van der Waals surface area contributed by atoms with Crippen LogP contribution in [0.4, 0.5) is 0 Å². The molecule has 0 spiro atoms. The Morgan fingerprint density at radius 1 is 1.27 bits per heavy atom. The highest BCUT2D eigenvalue weighted by atomic mass is 79.9. The third-order valence-electron chi connectivity index (χ3n) is 2.29. The second kappa shape index (κ2) is 7.83. The molecule has 0 amide bonds. The molecule has 2 nitrogen and oxygen atoms in total. The molecular formula is C12H19BrN2. The number of pyridine rings is 1. The van der Waals surface area contributed by atoms with Crippen molar-refractivity contribution in [2.75, 3.05) is 6.54 Å². The van der Waals surface area contributed by atoms with Crippen molar-refractivity contribution in [2.45, 2.75) is 39.2 Å². The Hall–Kier alpha value is -0.410. The average molecular weight is 271 g/mol. The summed E-state index contributed by atoms with van der Waals surface area (Å²) < 4.78 is 0.910. The largest absolute Gasteiger partial charge is 0.311 e. The first-order valence-corrected chi connectivity index (χ1v) is 6.44. The Labute approximate surface area is 101 Å². The van der Waals surface area contributed by atoms with Crippen LogP contribution in [0, 0.1) is 0 Å². The fraction of sp³-hybridized carbons (Fsp3) is 0.583. The van der Waals surface area contributed by atoms with Gasteiger partial charge in [0, 0.05) is 6.54 Å². The summed E-state index contributed by atoms with van der Waals surface area (Å²) in [5.74, 6) is 0. The van der Waals surface area contributed by atoms with Gasteiger partial charge in [-0.2, -0.15) is 0 Å². The van der Waals surface area contributed by atoms with E-state index in [1.54, 1.807) is 0 Å². The van der Waals surface area contributed by atoms with Gasteiger partial charge in [-0.25, -0.2) is 4.98 Å². The van der Waals surface area contributed by atoms with Crippen LogP contribution in [0.2, 0.25) is 0 Å². The van der Waals surface area contributed by atoms with Crippen molar-refractivity contribution in [3.05, 3.63) is 28.5 Å². The Kier molecular flexibility index (Phi) is 6.60. The lowest BCUT2D eigenvalue weighted by atomic mass is 10.2. The van der Waals surface area contributed by atoms with E-state index in [2.05, 4.69) is 33.2 Å². The fourth-order valence-corrected chi connectivity index (χ4v) is 1.82. The molecule has 0 unspecified atom stereocenters. The zero-order chi connectivity index (χ0) is 10.9. The summed E-state index contributed by atoms with van der Waals surface area (Å²) in [5.41, 5.74) is 1.10. The van der Waals surface area contributed by atoms with Crippen LogP contribution < -0.4 is 5.32 Å². The smallest absolute Gasteiger partial charge is 0.106 e. The number of hydrogen-bond acceptors (Lipinski definition) is 2. The third kappa shape index (κ3) is 5.90. The molecule has 1 rings (SSSR count). The van der Waals surface area contributed by atoms with Crippen molar-refractivity contribution in [1.82, 2.24) is 10.3 Å². The van der Waals surface area contributed by atoms with Gasteiger partial charge in [-0.1, -0.05) is 32.3 Å². The summed E-state index contributed by atoms with van der Waals surface area (Å²) in [6.45, 7) is 4.19. The van der Waals surface area contributed by atoms with E-state index < -0.39 is 0 Å². The second-order valence-electron chi connectivity index (χ2n) is 3.69. The standard InChI is InChI=1S/C12H19BrN2/c1-2-3-4-5-9-14-10-11-7-6-8-12(13)15-11/h6-8,14H,2-5,9-10H2,1H3. The lowest BCUT2D eigenvalue weighted by Gasteiger charge is -2.04. The molecule has 3 heteroatoms. The minimum Gasteiger partial charge on any atom is -0.311 e. The second-order valence-corrected chi connectivity index (χ2v) is 4.50. The Morgan fingerprint density at radius 2 is 2.13 bits per heavy atom. The normalized spacial score (nSPS) is 10.5. The number of aromatic nitrogens is 1.